The van der Waals surface area contributed by atoms with Crippen molar-refractivity contribution in [3.8, 4) is 0 Å². The topological polar surface area (TPSA) is 86.7 Å². The maximum atomic E-state index is 12.2. The van der Waals surface area contributed by atoms with Crippen LogP contribution in [0.25, 0.3) is 0 Å². The van der Waals surface area contributed by atoms with Gasteiger partial charge in [-0.25, -0.2) is 4.90 Å². The molecule has 1 aliphatic rings. The molecule has 1 fully saturated rings. The molecule has 2 rings (SSSR count). The zero-order chi connectivity index (χ0) is 14.9. The van der Waals surface area contributed by atoms with Crippen molar-refractivity contribution < 1.29 is 19.5 Å². The molecule has 6 heteroatoms. The van der Waals surface area contributed by atoms with E-state index in [4.69, 9.17) is 5.11 Å². The van der Waals surface area contributed by atoms with Gasteiger partial charge in [-0.2, -0.15) is 0 Å². The molecule has 1 aliphatic heterocycles. The molecular weight excluding hydrogens is 260 g/mol. The minimum atomic E-state index is -1.06. The maximum Gasteiger partial charge on any atom is 0.317 e. The maximum absolute atomic E-state index is 12.2. The van der Waals surface area contributed by atoms with E-state index in [1.807, 2.05) is 26.0 Å². The lowest BCUT2D eigenvalue weighted by atomic mass is 10.1. The van der Waals surface area contributed by atoms with E-state index >= 15 is 0 Å². The molecule has 0 bridgehead atoms. The normalized spacial score (nSPS) is 18.7. The first-order chi connectivity index (χ1) is 9.40. The number of rotatable bonds is 4. The molecule has 1 atom stereocenters. The number of carbonyl (C=O) groups is 3. The third-order valence-corrected chi connectivity index (χ3v) is 3.24. The van der Waals surface area contributed by atoms with Crippen LogP contribution in [0.4, 0.5) is 5.69 Å². The second-order valence-electron chi connectivity index (χ2n) is 4.89. The van der Waals surface area contributed by atoms with Crippen LogP contribution >= 0.6 is 0 Å². The van der Waals surface area contributed by atoms with Crippen LogP contribution in [-0.4, -0.2) is 35.5 Å². The number of amides is 2. The Hall–Kier alpha value is -2.21. The number of nitrogens with zero attached hydrogens (tertiary/aromatic N) is 1. The van der Waals surface area contributed by atoms with E-state index in [9.17, 15) is 14.4 Å². The van der Waals surface area contributed by atoms with Crippen molar-refractivity contribution in [2.75, 3.05) is 11.4 Å². The van der Waals surface area contributed by atoms with Crippen molar-refractivity contribution in [1.29, 1.82) is 0 Å². The second kappa shape index (κ2) is 5.42. The van der Waals surface area contributed by atoms with Gasteiger partial charge in [0.2, 0.25) is 5.91 Å². The predicted octanol–water partition coefficient (Wildman–Crippen LogP) is 0.610. The fourth-order valence-corrected chi connectivity index (χ4v) is 2.31. The van der Waals surface area contributed by atoms with Crippen molar-refractivity contribution in [3.63, 3.8) is 0 Å². The van der Waals surface area contributed by atoms with E-state index in [2.05, 4.69) is 5.32 Å². The van der Waals surface area contributed by atoms with Crippen molar-refractivity contribution in [1.82, 2.24) is 5.32 Å². The lowest BCUT2D eigenvalue weighted by Gasteiger charge is -2.18. The highest BCUT2D eigenvalue weighted by atomic mass is 16.4. The number of carboxylic acids is 1. The van der Waals surface area contributed by atoms with E-state index in [0.29, 0.717) is 5.69 Å². The van der Waals surface area contributed by atoms with Crippen LogP contribution in [-0.2, 0) is 14.4 Å². The number of aryl methyl sites for hydroxylation is 2. The number of hydrogen-bond acceptors (Lipinski definition) is 4. The molecule has 1 aromatic rings. The van der Waals surface area contributed by atoms with Crippen LogP contribution < -0.4 is 10.2 Å². The Bertz CT molecular complexity index is 583. The molecule has 0 aromatic heterocycles. The second-order valence-corrected chi connectivity index (χ2v) is 4.89. The molecule has 0 radical (unpaired) electrons. The van der Waals surface area contributed by atoms with Gasteiger partial charge in [-0.3, -0.25) is 19.7 Å². The van der Waals surface area contributed by atoms with E-state index in [1.54, 1.807) is 6.07 Å². The predicted molar refractivity (Wildman–Crippen MR) is 72.5 cm³/mol. The summed E-state index contributed by atoms with van der Waals surface area (Å²) < 4.78 is 0. The Labute approximate surface area is 116 Å². The number of imide groups is 1. The molecule has 6 nitrogen and oxygen atoms in total. The summed E-state index contributed by atoms with van der Waals surface area (Å²) in [4.78, 5) is 35.9. The van der Waals surface area contributed by atoms with E-state index < -0.39 is 17.9 Å². The van der Waals surface area contributed by atoms with Gasteiger partial charge in [0.15, 0.2) is 0 Å². The Kier molecular flexibility index (Phi) is 3.85. The van der Waals surface area contributed by atoms with Gasteiger partial charge >= 0.3 is 5.97 Å². The first kappa shape index (κ1) is 14.2. The first-order valence-corrected chi connectivity index (χ1v) is 6.29. The first-order valence-electron chi connectivity index (χ1n) is 6.29. The largest absolute Gasteiger partial charge is 0.480 e. The molecule has 2 N–H and O–H groups in total. The molecule has 106 valence electrons. The van der Waals surface area contributed by atoms with Gasteiger partial charge in [0.05, 0.1) is 24.7 Å². The van der Waals surface area contributed by atoms with Crippen LogP contribution in [0.3, 0.4) is 0 Å². The van der Waals surface area contributed by atoms with Crippen LogP contribution in [0.2, 0.25) is 0 Å². The lowest BCUT2D eigenvalue weighted by molar-refractivity contribution is -0.136. The third kappa shape index (κ3) is 2.70. The number of nitrogens with one attached hydrogen (secondary N) is 1. The van der Waals surface area contributed by atoms with Crippen LogP contribution in [0.15, 0.2) is 18.2 Å². The van der Waals surface area contributed by atoms with E-state index in [0.717, 1.165) is 16.0 Å². The number of carboxylic acid groups (broad SMARTS) is 1. The zero-order valence-corrected chi connectivity index (χ0v) is 11.3. The monoisotopic (exact) mass is 276 g/mol. The lowest BCUT2D eigenvalue weighted by Crippen LogP contribution is -2.41. The molecule has 2 amide bonds. The van der Waals surface area contributed by atoms with E-state index in [-0.39, 0.29) is 18.9 Å². The third-order valence-electron chi connectivity index (χ3n) is 3.24. The summed E-state index contributed by atoms with van der Waals surface area (Å²) in [6.45, 7) is 3.42. The fourth-order valence-electron chi connectivity index (χ4n) is 2.31. The highest BCUT2D eigenvalue weighted by molar-refractivity contribution is 6.22. The van der Waals surface area contributed by atoms with Gasteiger partial charge in [0.1, 0.15) is 0 Å². The van der Waals surface area contributed by atoms with Crippen LogP contribution in [0.1, 0.15) is 17.5 Å². The zero-order valence-electron chi connectivity index (χ0n) is 11.3. The van der Waals surface area contributed by atoms with Gasteiger partial charge in [-0.1, -0.05) is 17.7 Å². The minimum Gasteiger partial charge on any atom is -0.480 e. The van der Waals surface area contributed by atoms with E-state index in [1.165, 1.54) is 0 Å². The molecule has 1 saturated heterocycles. The quantitative estimate of drug-likeness (QED) is 0.787. The van der Waals surface area contributed by atoms with Gasteiger partial charge in [0.25, 0.3) is 5.91 Å². The van der Waals surface area contributed by atoms with Gasteiger partial charge in [0, 0.05) is 0 Å². The summed E-state index contributed by atoms with van der Waals surface area (Å²) in [5.74, 6) is -1.77. The molecule has 0 aliphatic carbocycles. The summed E-state index contributed by atoms with van der Waals surface area (Å²) in [7, 11) is 0. The summed E-state index contributed by atoms with van der Waals surface area (Å²) in [6, 6.07) is 4.70. The standard InChI is InChI=1S/C14H16N2O4/c1-8-3-4-11(9(2)5-8)16-12(17)6-10(14(16)20)15-7-13(18)19/h3-5,10,15H,6-7H2,1-2H3,(H,18,19)/t10-/m0/s1. The van der Waals surface area contributed by atoms with Crippen molar-refractivity contribution in [2.24, 2.45) is 0 Å². The molecule has 20 heavy (non-hydrogen) atoms. The van der Waals surface area contributed by atoms with Gasteiger partial charge < -0.3 is 5.11 Å². The van der Waals surface area contributed by atoms with Crippen molar-refractivity contribution in [3.05, 3.63) is 29.3 Å². The number of benzene rings is 1. The highest BCUT2D eigenvalue weighted by Gasteiger charge is 2.39. The van der Waals surface area contributed by atoms with Crippen molar-refractivity contribution in [2.45, 2.75) is 26.3 Å². The molecule has 0 saturated carbocycles. The number of carbonyl (C=O) groups excluding carboxylic acids is 2. The van der Waals surface area contributed by atoms with Gasteiger partial charge in [-0.05, 0) is 25.5 Å². The van der Waals surface area contributed by atoms with Crippen LogP contribution in [0, 0.1) is 13.8 Å². The highest BCUT2D eigenvalue weighted by Crippen LogP contribution is 2.26. The molecule has 1 aromatic carbocycles. The van der Waals surface area contributed by atoms with Crippen LogP contribution in [0.5, 0.6) is 0 Å². The Morgan fingerprint density at radius 3 is 2.70 bits per heavy atom. The average molecular weight is 276 g/mol. The Morgan fingerprint density at radius 2 is 2.10 bits per heavy atom. The summed E-state index contributed by atoms with van der Waals surface area (Å²) in [5.41, 5.74) is 2.45. The number of anilines is 1. The molecule has 1 heterocycles. The number of hydrogen-bond donors (Lipinski definition) is 2. The van der Waals surface area contributed by atoms with Crippen molar-refractivity contribution >= 4 is 23.5 Å². The minimum absolute atomic E-state index is 0.0145. The fraction of sp³-hybridized carbons (Fsp3) is 0.357. The summed E-state index contributed by atoms with van der Waals surface area (Å²) in [6.07, 6.45) is -0.0145. The molecule has 0 spiro atoms. The Balaban J connectivity index is 2.22. The Morgan fingerprint density at radius 1 is 1.40 bits per heavy atom. The smallest absolute Gasteiger partial charge is 0.317 e. The van der Waals surface area contributed by atoms with Gasteiger partial charge in [-0.15, -0.1) is 0 Å². The molecule has 0 unspecified atom stereocenters. The molecular formula is C14H16N2O4. The number of aliphatic carboxylic acids is 1. The summed E-state index contributed by atoms with van der Waals surface area (Å²) in [5, 5.41) is 11.2. The SMILES string of the molecule is Cc1ccc(N2C(=O)C[C@H](NCC(=O)O)C2=O)c(C)c1. The average Bonchev–Trinajstić information content (AvgIpc) is 2.63. The summed E-state index contributed by atoms with van der Waals surface area (Å²) >= 11 is 0.